The number of fused-ring (bicyclic) bond motifs is 1. The number of ether oxygens (including phenoxy) is 1. The second-order valence-corrected chi connectivity index (χ2v) is 4.86. The molecule has 0 unspecified atom stereocenters. The summed E-state index contributed by atoms with van der Waals surface area (Å²) in [7, 11) is 3.20. The highest BCUT2D eigenvalue weighted by Gasteiger charge is 2.29. The van der Waals surface area contributed by atoms with E-state index in [0.717, 1.165) is 0 Å². The van der Waals surface area contributed by atoms with Crippen LogP contribution in [0.2, 0.25) is 0 Å². The molecule has 1 aromatic carbocycles. The zero-order chi connectivity index (χ0) is 15.4. The average molecular weight is 291 g/mol. The van der Waals surface area contributed by atoms with Crippen molar-refractivity contribution in [3.63, 3.8) is 0 Å². The first kappa shape index (κ1) is 14.8. The molecule has 0 saturated heterocycles. The zero-order valence-electron chi connectivity index (χ0n) is 11.9. The van der Waals surface area contributed by atoms with Gasteiger partial charge in [0.1, 0.15) is 5.75 Å². The molecule has 1 heterocycles. The third-order valence-electron chi connectivity index (χ3n) is 3.01. The first-order valence-corrected chi connectivity index (χ1v) is 6.51. The van der Waals surface area contributed by atoms with Crippen molar-refractivity contribution in [2.75, 3.05) is 26.0 Å². The van der Waals surface area contributed by atoms with Crippen LogP contribution in [-0.2, 0) is 14.4 Å². The smallest absolute Gasteiger partial charge is 0.266 e. The molecule has 0 aromatic heterocycles. The van der Waals surface area contributed by atoms with Gasteiger partial charge in [-0.2, -0.15) is 0 Å². The lowest BCUT2D eigenvalue weighted by molar-refractivity contribution is -0.133. The minimum atomic E-state index is -0.894. The van der Waals surface area contributed by atoms with E-state index in [1.54, 1.807) is 38.4 Å². The van der Waals surface area contributed by atoms with Crippen LogP contribution in [0.3, 0.4) is 0 Å². The third kappa shape index (κ3) is 3.71. The number of nitrogens with zero attached hydrogens (tertiary/aromatic N) is 1. The molecule has 7 heteroatoms. The van der Waals surface area contributed by atoms with Crippen molar-refractivity contribution < 1.29 is 19.1 Å². The van der Waals surface area contributed by atoms with Crippen molar-refractivity contribution >= 4 is 23.4 Å². The fourth-order valence-corrected chi connectivity index (χ4v) is 1.80. The van der Waals surface area contributed by atoms with E-state index in [1.807, 2.05) is 0 Å². The Hall–Kier alpha value is -2.57. The van der Waals surface area contributed by atoms with Gasteiger partial charge in [-0.15, -0.1) is 0 Å². The lowest BCUT2D eigenvalue weighted by Gasteiger charge is -2.25. The number of amides is 3. The Morgan fingerprint density at radius 3 is 2.76 bits per heavy atom. The summed E-state index contributed by atoms with van der Waals surface area (Å²) in [5.41, 5.74) is 0.585. The number of carbonyl (C=O) groups is 3. The molecule has 2 rings (SSSR count). The highest BCUT2D eigenvalue weighted by atomic mass is 16.5. The summed E-state index contributed by atoms with van der Waals surface area (Å²) >= 11 is 0. The molecule has 3 amide bonds. The highest BCUT2D eigenvalue weighted by Crippen LogP contribution is 2.29. The number of likely N-dealkylation sites (N-methyl/N-ethyl adjacent to an activating group) is 1. The van der Waals surface area contributed by atoms with Crippen molar-refractivity contribution in [1.29, 1.82) is 0 Å². The van der Waals surface area contributed by atoms with E-state index in [0.29, 0.717) is 11.4 Å². The topological polar surface area (TPSA) is 87.7 Å². The quantitative estimate of drug-likeness (QED) is 0.816. The van der Waals surface area contributed by atoms with Gasteiger partial charge in [0.15, 0.2) is 6.10 Å². The molecule has 1 aliphatic heterocycles. The normalized spacial score (nSPS) is 16.3. The van der Waals surface area contributed by atoms with Crippen LogP contribution >= 0.6 is 0 Å². The molecule has 0 saturated carbocycles. The molecule has 2 N–H and O–H groups in total. The Morgan fingerprint density at radius 2 is 2.05 bits per heavy atom. The van der Waals surface area contributed by atoms with Gasteiger partial charge < -0.3 is 20.3 Å². The van der Waals surface area contributed by atoms with Gasteiger partial charge >= 0.3 is 0 Å². The summed E-state index contributed by atoms with van der Waals surface area (Å²) in [4.78, 5) is 36.3. The highest BCUT2D eigenvalue weighted by molar-refractivity contribution is 6.00. The first-order chi connectivity index (χ1) is 9.97. The number of para-hydroxylation sites is 2. The monoisotopic (exact) mass is 291 g/mol. The molecule has 0 radical (unpaired) electrons. The largest absolute Gasteiger partial charge is 0.478 e. The number of rotatable bonds is 4. The minimum Gasteiger partial charge on any atom is -0.478 e. The number of nitrogens with one attached hydrogen (secondary N) is 2. The van der Waals surface area contributed by atoms with Gasteiger partial charge in [-0.3, -0.25) is 14.4 Å². The van der Waals surface area contributed by atoms with E-state index >= 15 is 0 Å². The number of benzene rings is 1. The van der Waals surface area contributed by atoms with E-state index < -0.39 is 12.0 Å². The number of carbonyl (C=O) groups excluding carboxylic acids is 3. The summed E-state index contributed by atoms with van der Waals surface area (Å²) < 4.78 is 5.50. The van der Waals surface area contributed by atoms with Gasteiger partial charge in [-0.1, -0.05) is 12.1 Å². The standard InChI is InChI=1S/C14H17N3O4/c1-17(2)13(19)8-15-12(18)7-11-14(20)16-9-5-3-4-6-10(9)21-11/h3-6,11H,7-8H2,1-2H3,(H,15,18)(H,16,20)/t11-/m0/s1. The lowest BCUT2D eigenvalue weighted by Crippen LogP contribution is -2.43. The molecule has 0 bridgehead atoms. The van der Waals surface area contributed by atoms with Crippen molar-refractivity contribution in [1.82, 2.24) is 10.2 Å². The first-order valence-electron chi connectivity index (χ1n) is 6.51. The maximum atomic E-state index is 11.8. The molecule has 0 aliphatic carbocycles. The molecular weight excluding hydrogens is 274 g/mol. The Balaban J connectivity index is 1.90. The fraction of sp³-hybridized carbons (Fsp3) is 0.357. The van der Waals surface area contributed by atoms with Crippen molar-refractivity contribution in [3.8, 4) is 5.75 Å². The zero-order valence-corrected chi connectivity index (χ0v) is 11.9. The molecule has 112 valence electrons. The van der Waals surface area contributed by atoms with Gasteiger partial charge in [-0.05, 0) is 12.1 Å². The summed E-state index contributed by atoms with van der Waals surface area (Å²) in [5.74, 6) is -0.477. The lowest BCUT2D eigenvalue weighted by atomic mass is 10.1. The van der Waals surface area contributed by atoms with Crippen LogP contribution < -0.4 is 15.4 Å². The minimum absolute atomic E-state index is 0.100. The van der Waals surface area contributed by atoms with Crippen LogP contribution in [0.4, 0.5) is 5.69 Å². The fourth-order valence-electron chi connectivity index (χ4n) is 1.80. The number of hydrogen-bond acceptors (Lipinski definition) is 4. The average Bonchev–Trinajstić information content (AvgIpc) is 2.45. The van der Waals surface area contributed by atoms with Crippen LogP contribution in [0, 0.1) is 0 Å². The third-order valence-corrected chi connectivity index (χ3v) is 3.01. The Morgan fingerprint density at radius 1 is 1.33 bits per heavy atom. The van der Waals surface area contributed by atoms with Gasteiger partial charge in [0.05, 0.1) is 18.7 Å². The number of anilines is 1. The summed E-state index contributed by atoms with van der Waals surface area (Å²) in [6.45, 7) is -0.100. The second-order valence-electron chi connectivity index (χ2n) is 4.86. The van der Waals surface area contributed by atoms with E-state index in [9.17, 15) is 14.4 Å². The predicted molar refractivity (Wildman–Crippen MR) is 75.8 cm³/mol. The van der Waals surface area contributed by atoms with Gasteiger partial charge in [0.25, 0.3) is 5.91 Å². The maximum Gasteiger partial charge on any atom is 0.266 e. The molecular formula is C14H17N3O4. The van der Waals surface area contributed by atoms with Crippen LogP contribution in [0.5, 0.6) is 5.75 Å². The Kier molecular flexibility index (Phi) is 4.42. The van der Waals surface area contributed by atoms with E-state index in [-0.39, 0.29) is 24.8 Å². The predicted octanol–water partition coefficient (Wildman–Crippen LogP) is -0.0194. The molecule has 1 atom stereocenters. The molecule has 0 spiro atoms. The Labute approximate surface area is 122 Å². The van der Waals surface area contributed by atoms with E-state index in [2.05, 4.69) is 10.6 Å². The van der Waals surface area contributed by atoms with Gasteiger partial charge in [0.2, 0.25) is 11.8 Å². The van der Waals surface area contributed by atoms with Gasteiger partial charge in [0, 0.05) is 14.1 Å². The van der Waals surface area contributed by atoms with Crippen LogP contribution in [0.15, 0.2) is 24.3 Å². The van der Waals surface area contributed by atoms with Crippen molar-refractivity contribution in [2.24, 2.45) is 0 Å². The summed E-state index contributed by atoms with van der Waals surface area (Å²) in [5, 5.41) is 5.14. The SMILES string of the molecule is CN(C)C(=O)CNC(=O)C[C@@H]1Oc2ccccc2NC1=O. The maximum absolute atomic E-state index is 11.8. The molecule has 21 heavy (non-hydrogen) atoms. The molecule has 7 nitrogen and oxygen atoms in total. The van der Waals surface area contributed by atoms with E-state index in [4.69, 9.17) is 4.74 Å². The van der Waals surface area contributed by atoms with Crippen LogP contribution in [0.1, 0.15) is 6.42 Å². The van der Waals surface area contributed by atoms with E-state index in [1.165, 1.54) is 4.90 Å². The van der Waals surface area contributed by atoms with Gasteiger partial charge in [-0.25, -0.2) is 0 Å². The van der Waals surface area contributed by atoms with Crippen LogP contribution in [-0.4, -0.2) is 49.4 Å². The molecule has 0 fully saturated rings. The second kappa shape index (κ2) is 6.25. The molecule has 1 aliphatic rings. The Bertz CT molecular complexity index is 571. The summed E-state index contributed by atoms with van der Waals surface area (Å²) in [6.07, 6.45) is -1.03. The number of hydrogen-bond donors (Lipinski definition) is 2. The van der Waals surface area contributed by atoms with Crippen molar-refractivity contribution in [2.45, 2.75) is 12.5 Å². The van der Waals surface area contributed by atoms with Crippen molar-refractivity contribution in [3.05, 3.63) is 24.3 Å². The summed E-state index contributed by atoms with van der Waals surface area (Å²) in [6, 6.07) is 7.00. The molecule has 1 aromatic rings. The van der Waals surface area contributed by atoms with Crippen LogP contribution in [0.25, 0.3) is 0 Å².